The van der Waals surface area contributed by atoms with Gasteiger partial charge in [-0.3, -0.25) is 14.9 Å². The molecule has 0 spiro atoms. The van der Waals surface area contributed by atoms with Gasteiger partial charge in [0.2, 0.25) is 0 Å². The van der Waals surface area contributed by atoms with E-state index in [1.807, 2.05) is 0 Å². The van der Waals surface area contributed by atoms with E-state index in [9.17, 15) is 14.9 Å². The van der Waals surface area contributed by atoms with E-state index >= 15 is 0 Å². The fourth-order valence-electron chi connectivity index (χ4n) is 1.39. The fraction of sp³-hybridized carbons (Fsp3) is 0.455. The number of rotatable bonds is 6. The van der Waals surface area contributed by atoms with Crippen LogP contribution in [0.2, 0.25) is 5.02 Å². The van der Waals surface area contributed by atoms with Gasteiger partial charge in [-0.05, 0) is 13.8 Å². The van der Waals surface area contributed by atoms with Gasteiger partial charge in [0.05, 0.1) is 23.0 Å². The second-order valence-electron chi connectivity index (χ2n) is 3.84. The van der Waals surface area contributed by atoms with E-state index < -0.39 is 4.92 Å². The van der Waals surface area contributed by atoms with Gasteiger partial charge in [-0.15, -0.1) is 0 Å². The highest BCUT2D eigenvalue weighted by molar-refractivity contribution is 6.33. The lowest BCUT2D eigenvalue weighted by atomic mass is 10.2. The van der Waals surface area contributed by atoms with Gasteiger partial charge in [-0.1, -0.05) is 11.6 Å². The van der Waals surface area contributed by atoms with Crippen molar-refractivity contribution in [1.82, 2.24) is 4.98 Å². The van der Waals surface area contributed by atoms with Crippen LogP contribution in [0.3, 0.4) is 0 Å². The number of carbonyl (C=O) groups excluding carboxylic acids is 1. The van der Waals surface area contributed by atoms with Crippen molar-refractivity contribution in [2.75, 3.05) is 11.9 Å². The maximum absolute atomic E-state index is 11.3. The molecule has 0 fully saturated rings. The third kappa shape index (κ3) is 4.70. The van der Waals surface area contributed by atoms with Crippen molar-refractivity contribution in [3.63, 3.8) is 0 Å². The molecule has 8 heteroatoms. The number of esters is 1. The predicted octanol–water partition coefficient (Wildman–Crippen LogP) is 2.40. The molecule has 0 amide bonds. The fourth-order valence-corrected chi connectivity index (χ4v) is 1.60. The smallest absolute Gasteiger partial charge is 0.307 e. The minimum Gasteiger partial charge on any atom is -0.466 e. The van der Waals surface area contributed by atoms with E-state index in [1.165, 1.54) is 6.07 Å². The predicted molar refractivity (Wildman–Crippen MR) is 70.2 cm³/mol. The van der Waals surface area contributed by atoms with E-state index in [2.05, 4.69) is 10.3 Å². The van der Waals surface area contributed by atoms with Crippen LogP contribution in [0, 0.1) is 10.1 Å². The first-order valence-electron chi connectivity index (χ1n) is 5.66. The van der Waals surface area contributed by atoms with Gasteiger partial charge in [0, 0.05) is 12.1 Å². The van der Waals surface area contributed by atoms with Crippen LogP contribution in [0.5, 0.6) is 0 Å². The molecule has 0 saturated heterocycles. The number of hydrogen-bond donors (Lipinski definition) is 1. The molecule has 0 aromatic carbocycles. The van der Waals surface area contributed by atoms with E-state index in [4.69, 9.17) is 16.3 Å². The number of nitrogens with one attached hydrogen (secondary N) is 1. The summed E-state index contributed by atoms with van der Waals surface area (Å²) < 4.78 is 4.81. The third-order valence-corrected chi connectivity index (χ3v) is 2.49. The van der Waals surface area contributed by atoms with Gasteiger partial charge in [0.15, 0.2) is 0 Å². The first kappa shape index (κ1) is 15.2. The number of nitro groups is 1. The van der Waals surface area contributed by atoms with E-state index in [1.54, 1.807) is 13.8 Å². The summed E-state index contributed by atoms with van der Waals surface area (Å²) in [5.41, 5.74) is -0.186. The molecule has 0 saturated carbocycles. The maximum Gasteiger partial charge on any atom is 0.307 e. The quantitative estimate of drug-likeness (QED) is 0.490. The highest BCUT2D eigenvalue weighted by Crippen LogP contribution is 2.24. The number of nitrogens with zero attached hydrogens (tertiary/aromatic N) is 2. The topological polar surface area (TPSA) is 94.4 Å². The van der Waals surface area contributed by atoms with Gasteiger partial charge in [0.1, 0.15) is 12.0 Å². The Kier molecular flexibility index (Phi) is 5.50. The van der Waals surface area contributed by atoms with Crippen LogP contribution in [-0.4, -0.2) is 28.5 Å². The Morgan fingerprint density at radius 1 is 1.68 bits per heavy atom. The molecule has 0 bridgehead atoms. The zero-order chi connectivity index (χ0) is 14.4. The normalized spacial score (nSPS) is 11.7. The summed E-state index contributed by atoms with van der Waals surface area (Å²) in [6.45, 7) is 3.81. The largest absolute Gasteiger partial charge is 0.466 e. The third-order valence-electron chi connectivity index (χ3n) is 2.20. The summed E-state index contributed by atoms with van der Waals surface area (Å²) in [5, 5.41) is 13.6. The van der Waals surface area contributed by atoms with Crippen molar-refractivity contribution in [1.29, 1.82) is 0 Å². The number of aromatic nitrogens is 1. The molecule has 1 heterocycles. The van der Waals surface area contributed by atoms with Crippen LogP contribution in [0.1, 0.15) is 20.3 Å². The molecule has 104 valence electrons. The Bertz CT molecular complexity index is 481. The van der Waals surface area contributed by atoms with Gasteiger partial charge < -0.3 is 10.1 Å². The molecule has 1 rings (SSSR count). The van der Waals surface area contributed by atoms with Crippen molar-refractivity contribution in [2.24, 2.45) is 0 Å². The van der Waals surface area contributed by atoms with Crippen LogP contribution in [0.25, 0.3) is 0 Å². The lowest BCUT2D eigenvalue weighted by Gasteiger charge is -2.14. The van der Waals surface area contributed by atoms with Crippen LogP contribution >= 0.6 is 11.6 Å². The number of carbonyl (C=O) groups is 1. The van der Waals surface area contributed by atoms with Crippen molar-refractivity contribution >= 4 is 29.1 Å². The van der Waals surface area contributed by atoms with Gasteiger partial charge in [-0.2, -0.15) is 0 Å². The van der Waals surface area contributed by atoms with E-state index in [0.29, 0.717) is 12.4 Å². The van der Waals surface area contributed by atoms with Gasteiger partial charge in [-0.25, -0.2) is 4.98 Å². The Hall–Kier alpha value is -1.89. The van der Waals surface area contributed by atoms with Crippen LogP contribution in [-0.2, 0) is 9.53 Å². The summed E-state index contributed by atoms with van der Waals surface area (Å²) in [5.74, 6) is -0.0374. The SMILES string of the molecule is CCOC(=O)CC(C)Nc1ncc([N+](=O)[O-])cc1Cl. The number of hydrogen-bond acceptors (Lipinski definition) is 6. The molecular formula is C11H14ClN3O4. The standard InChI is InChI=1S/C11H14ClN3O4/c1-3-19-10(16)4-7(2)14-11-9(12)5-8(6-13-11)15(17)18/h5-7H,3-4H2,1-2H3,(H,13,14). The van der Waals surface area contributed by atoms with Gasteiger partial charge in [0.25, 0.3) is 5.69 Å². The van der Waals surface area contributed by atoms with Crippen molar-refractivity contribution in [3.8, 4) is 0 Å². The summed E-state index contributed by atoms with van der Waals surface area (Å²) in [4.78, 5) is 25.1. The average molecular weight is 288 g/mol. The Balaban J connectivity index is 2.66. The second kappa shape index (κ2) is 6.89. The Labute approximate surface area is 115 Å². The first-order chi connectivity index (χ1) is 8.93. The monoisotopic (exact) mass is 287 g/mol. The molecule has 1 N–H and O–H groups in total. The molecule has 0 radical (unpaired) electrons. The summed E-state index contributed by atoms with van der Waals surface area (Å²) >= 11 is 5.87. The van der Waals surface area contributed by atoms with Crippen LogP contribution in [0.15, 0.2) is 12.3 Å². The van der Waals surface area contributed by atoms with E-state index in [0.717, 1.165) is 6.20 Å². The number of anilines is 1. The Morgan fingerprint density at radius 3 is 2.89 bits per heavy atom. The van der Waals surface area contributed by atoms with E-state index in [-0.39, 0.29) is 29.1 Å². The minimum absolute atomic E-state index is 0.130. The summed E-state index contributed by atoms with van der Waals surface area (Å²) in [7, 11) is 0. The minimum atomic E-state index is -0.579. The lowest BCUT2D eigenvalue weighted by Crippen LogP contribution is -2.21. The molecular weight excluding hydrogens is 274 g/mol. The maximum atomic E-state index is 11.3. The van der Waals surface area contributed by atoms with Crippen molar-refractivity contribution < 1.29 is 14.5 Å². The molecule has 1 atom stereocenters. The zero-order valence-electron chi connectivity index (χ0n) is 10.6. The Morgan fingerprint density at radius 2 is 2.37 bits per heavy atom. The molecule has 0 aliphatic heterocycles. The lowest BCUT2D eigenvalue weighted by molar-refractivity contribution is -0.385. The summed E-state index contributed by atoms with van der Waals surface area (Å²) in [6.07, 6.45) is 1.26. The van der Waals surface area contributed by atoms with Crippen molar-refractivity contribution in [3.05, 3.63) is 27.4 Å². The highest BCUT2D eigenvalue weighted by Gasteiger charge is 2.14. The average Bonchev–Trinajstić information content (AvgIpc) is 2.31. The van der Waals surface area contributed by atoms with Gasteiger partial charge >= 0.3 is 5.97 Å². The molecule has 0 aliphatic carbocycles. The zero-order valence-corrected chi connectivity index (χ0v) is 11.3. The van der Waals surface area contributed by atoms with Crippen LogP contribution < -0.4 is 5.32 Å². The van der Waals surface area contributed by atoms with Crippen LogP contribution in [0.4, 0.5) is 11.5 Å². The number of halogens is 1. The molecule has 1 aromatic rings. The van der Waals surface area contributed by atoms with Crippen molar-refractivity contribution in [2.45, 2.75) is 26.3 Å². The number of ether oxygens (including phenoxy) is 1. The second-order valence-corrected chi connectivity index (χ2v) is 4.24. The molecule has 0 aliphatic rings. The molecule has 7 nitrogen and oxygen atoms in total. The first-order valence-corrected chi connectivity index (χ1v) is 6.04. The molecule has 19 heavy (non-hydrogen) atoms. The highest BCUT2D eigenvalue weighted by atomic mass is 35.5. The summed E-state index contributed by atoms with van der Waals surface area (Å²) in [6, 6.07) is 0.957. The number of pyridine rings is 1. The molecule has 1 unspecified atom stereocenters. The molecule has 1 aromatic heterocycles.